The first-order valence-electron chi connectivity index (χ1n) is 8.25. The molecule has 0 aromatic carbocycles. The molecule has 0 bridgehead atoms. The molecule has 0 radical (unpaired) electrons. The fourth-order valence-corrected chi connectivity index (χ4v) is 3.89. The van der Waals surface area contributed by atoms with Crippen LogP contribution < -0.4 is 0 Å². The maximum absolute atomic E-state index is 10.7. The summed E-state index contributed by atoms with van der Waals surface area (Å²) in [5.74, 6) is 0.460. The molecular weight excluding hydrogens is 254 g/mol. The van der Waals surface area contributed by atoms with Crippen LogP contribution in [0.3, 0.4) is 0 Å². The molecule has 2 saturated heterocycles. The molecule has 116 valence electrons. The molecule has 0 aromatic heterocycles. The summed E-state index contributed by atoms with van der Waals surface area (Å²) in [6.45, 7) is 7.87. The third-order valence-electron chi connectivity index (χ3n) is 5.34. The highest BCUT2D eigenvalue weighted by atomic mass is 16.7. The summed E-state index contributed by atoms with van der Waals surface area (Å²) in [6.07, 6.45) is 6.34. The van der Waals surface area contributed by atoms with Gasteiger partial charge in [-0.05, 0) is 38.5 Å². The summed E-state index contributed by atoms with van der Waals surface area (Å²) < 4.78 is 11.8. The minimum absolute atomic E-state index is 0.227. The van der Waals surface area contributed by atoms with Gasteiger partial charge >= 0.3 is 0 Å². The average Bonchev–Trinajstić information content (AvgIpc) is 2.78. The van der Waals surface area contributed by atoms with E-state index in [0.29, 0.717) is 0 Å². The molecule has 1 atom stereocenters. The third kappa shape index (κ3) is 3.19. The normalized spacial score (nSPS) is 42.1. The lowest BCUT2D eigenvalue weighted by atomic mass is 9.79. The number of aliphatic hydroxyl groups is 1. The van der Waals surface area contributed by atoms with Gasteiger partial charge in [-0.2, -0.15) is 0 Å². The van der Waals surface area contributed by atoms with Crippen molar-refractivity contribution in [2.24, 2.45) is 5.92 Å². The van der Waals surface area contributed by atoms with Crippen LogP contribution in [0.15, 0.2) is 0 Å². The molecule has 3 fully saturated rings. The molecular formula is C16H29NO3. The van der Waals surface area contributed by atoms with Crippen LogP contribution >= 0.6 is 0 Å². The molecule has 4 heteroatoms. The van der Waals surface area contributed by atoms with Crippen LogP contribution in [-0.2, 0) is 9.47 Å². The number of piperidine rings is 1. The average molecular weight is 283 g/mol. The Balaban J connectivity index is 1.49. The van der Waals surface area contributed by atoms with Gasteiger partial charge in [0, 0.05) is 32.5 Å². The maximum atomic E-state index is 10.7. The van der Waals surface area contributed by atoms with Gasteiger partial charge in [0.1, 0.15) is 0 Å². The number of nitrogens with zero attached hydrogens (tertiary/aromatic N) is 1. The monoisotopic (exact) mass is 283 g/mol. The Morgan fingerprint density at radius 1 is 1.10 bits per heavy atom. The molecule has 20 heavy (non-hydrogen) atoms. The predicted octanol–water partition coefficient (Wildman–Crippen LogP) is 2.16. The van der Waals surface area contributed by atoms with E-state index in [-0.39, 0.29) is 11.9 Å². The Labute approximate surface area is 122 Å². The second-order valence-corrected chi connectivity index (χ2v) is 7.33. The number of β-amino-alcohol motifs (C(OH)–C–C–N with tert-alkyl or cyclic N) is 1. The first-order valence-corrected chi connectivity index (χ1v) is 8.25. The van der Waals surface area contributed by atoms with Crippen LogP contribution in [0.1, 0.15) is 52.4 Å². The van der Waals surface area contributed by atoms with E-state index >= 15 is 0 Å². The predicted molar refractivity (Wildman–Crippen MR) is 77.5 cm³/mol. The van der Waals surface area contributed by atoms with Crippen molar-refractivity contribution >= 4 is 0 Å². The molecule has 4 nitrogen and oxygen atoms in total. The van der Waals surface area contributed by atoms with Gasteiger partial charge in [0.2, 0.25) is 0 Å². The van der Waals surface area contributed by atoms with Gasteiger partial charge in [-0.3, -0.25) is 0 Å². The molecule has 1 N–H and O–H groups in total. The highest BCUT2D eigenvalue weighted by Crippen LogP contribution is 2.36. The van der Waals surface area contributed by atoms with E-state index in [1.54, 1.807) is 0 Å². The maximum Gasteiger partial charge on any atom is 0.171 e. The third-order valence-corrected chi connectivity index (χ3v) is 5.34. The van der Waals surface area contributed by atoms with E-state index in [9.17, 15) is 5.11 Å². The van der Waals surface area contributed by atoms with Gasteiger partial charge in [-0.1, -0.05) is 6.92 Å². The van der Waals surface area contributed by atoms with Crippen LogP contribution in [0.5, 0.6) is 0 Å². The van der Waals surface area contributed by atoms with Crippen LogP contribution in [0.2, 0.25) is 0 Å². The molecule has 0 amide bonds. The van der Waals surface area contributed by atoms with Gasteiger partial charge in [0.05, 0.1) is 18.3 Å². The number of hydrogen-bond acceptors (Lipinski definition) is 4. The lowest BCUT2D eigenvalue weighted by Crippen LogP contribution is -2.51. The summed E-state index contributed by atoms with van der Waals surface area (Å²) in [7, 11) is 0. The highest BCUT2D eigenvalue weighted by molar-refractivity contribution is 4.91. The Morgan fingerprint density at radius 3 is 2.30 bits per heavy atom. The van der Waals surface area contributed by atoms with Crippen molar-refractivity contribution in [3.8, 4) is 0 Å². The quantitative estimate of drug-likeness (QED) is 0.843. The molecule has 0 unspecified atom stereocenters. The van der Waals surface area contributed by atoms with Gasteiger partial charge < -0.3 is 19.5 Å². The fourth-order valence-electron chi connectivity index (χ4n) is 3.89. The van der Waals surface area contributed by atoms with Crippen molar-refractivity contribution in [3.05, 3.63) is 0 Å². The molecule has 0 aromatic rings. The highest BCUT2D eigenvalue weighted by Gasteiger charge is 2.44. The Bertz CT molecular complexity index is 331. The Kier molecular flexibility index (Phi) is 4.10. The van der Waals surface area contributed by atoms with Gasteiger partial charge in [0.15, 0.2) is 5.79 Å². The summed E-state index contributed by atoms with van der Waals surface area (Å²) in [4.78, 5) is 2.40. The molecule has 1 spiro atoms. The zero-order valence-electron chi connectivity index (χ0n) is 12.9. The van der Waals surface area contributed by atoms with Gasteiger partial charge in [-0.25, -0.2) is 0 Å². The second kappa shape index (κ2) is 5.56. The largest absolute Gasteiger partial charge is 0.389 e. The van der Waals surface area contributed by atoms with Crippen molar-refractivity contribution in [2.75, 3.05) is 26.2 Å². The number of ether oxygens (including phenoxy) is 2. The van der Waals surface area contributed by atoms with E-state index < -0.39 is 5.60 Å². The lowest BCUT2D eigenvalue weighted by molar-refractivity contribution is -0.197. The summed E-state index contributed by atoms with van der Waals surface area (Å²) >= 11 is 0. The van der Waals surface area contributed by atoms with Crippen LogP contribution in [0.4, 0.5) is 0 Å². The lowest BCUT2D eigenvalue weighted by Gasteiger charge is -2.43. The van der Waals surface area contributed by atoms with E-state index in [1.165, 1.54) is 0 Å². The second-order valence-electron chi connectivity index (χ2n) is 7.33. The van der Waals surface area contributed by atoms with Crippen LogP contribution in [0.25, 0.3) is 0 Å². The van der Waals surface area contributed by atoms with Crippen molar-refractivity contribution < 1.29 is 14.6 Å². The zero-order valence-corrected chi connectivity index (χ0v) is 12.9. The topological polar surface area (TPSA) is 41.9 Å². The minimum atomic E-state index is -0.457. The minimum Gasteiger partial charge on any atom is -0.389 e. The van der Waals surface area contributed by atoms with E-state index in [4.69, 9.17) is 9.47 Å². The van der Waals surface area contributed by atoms with Crippen LogP contribution in [-0.4, -0.2) is 53.7 Å². The molecule has 3 aliphatic rings. The smallest absolute Gasteiger partial charge is 0.171 e. The van der Waals surface area contributed by atoms with Crippen molar-refractivity contribution in [1.82, 2.24) is 4.90 Å². The first kappa shape index (κ1) is 14.8. The standard InChI is InChI=1S/C16H29NO3/c1-13-3-5-15(18,6-4-13)12-17-9-7-16(8-10-17)19-11-14(2)20-16/h13-14,18H,3-12H2,1-2H3/t13?,14-,15?/m0/s1. The Morgan fingerprint density at radius 2 is 1.75 bits per heavy atom. The van der Waals surface area contributed by atoms with Crippen LogP contribution in [0, 0.1) is 5.92 Å². The summed E-state index contributed by atoms with van der Waals surface area (Å²) in [5, 5.41) is 10.7. The summed E-state index contributed by atoms with van der Waals surface area (Å²) in [6, 6.07) is 0. The van der Waals surface area contributed by atoms with Crippen molar-refractivity contribution in [2.45, 2.75) is 69.9 Å². The van der Waals surface area contributed by atoms with Crippen molar-refractivity contribution in [1.29, 1.82) is 0 Å². The number of likely N-dealkylation sites (tertiary alicyclic amines) is 1. The van der Waals surface area contributed by atoms with Gasteiger partial charge in [-0.15, -0.1) is 0 Å². The number of rotatable bonds is 2. The van der Waals surface area contributed by atoms with Crippen molar-refractivity contribution in [3.63, 3.8) is 0 Å². The Hall–Kier alpha value is -0.160. The molecule has 1 aliphatic carbocycles. The van der Waals surface area contributed by atoms with Gasteiger partial charge in [0.25, 0.3) is 0 Å². The molecule has 2 heterocycles. The summed E-state index contributed by atoms with van der Waals surface area (Å²) in [5.41, 5.74) is -0.457. The molecule has 3 rings (SSSR count). The number of hydrogen-bond donors (Lipinski definition) is 1. The fraction of sp³-hybridized carbons (Fsp3) is 1.00. The van der Waals surface area contributed by atoms with E-state index in [1.807, 2.05) is 0 Å². The van der Waals surface area contributed by atoms with E-state index in [2.05, 4.69) is 18.7 Å². The molecule has 1 saturated carbocycles. The first-order chi connectivity index (χ1) is 9.49. The molecule has 2 aliphatic heterocycles. The van der Waals surface area contributed by atoms with E-state index in [0.717, 1.165) is 70.7 Å². The SMILES string of the molecule is CC1CCC(O)(CN2CCC3(CC2)OC[C@H](C)O3)CC1. The zero-order chi connectivity index (χ0) is 14.2.